The molecule has 7 heteroatoms. The molecule has 0 spiro atoms. The van der Waals surface area contributed by atoms with Crippen molar-refractivity contribution in [3.05, 3.63) is 60.7 Å². The smallest absolute Gasteiger partial charge is 0.305 e. The van der Waals surface area contributed by atoms with E-state index < -0.39 is 0 Å². The van der Waals surface area contributed by atoms with Gasteiger partial charge in [0.1, 0.15) is 17.5 Å². The van der Waals surface area contributed by atoms with Crippen LogP contribution in [0.5, 0.6) is 0 Å². The van der Waals surface area contributed by atoms with Crippen LogP contribution in [0.15, 0.2) is 54.9 Å². The molecule has 0 unspecified atom stereocenters. The van der Waals surface area contributed by atoms with E-state index >= 15 is 0 Å². The number of carbonyl (C=O) groups excluding carboxylic acids is 1. The molecule has 31 heavy (non-hydrogen) atoms. The molecule has 1 aromatic heterocycles. The van der Waals surface area contributed by atoms with Gasteiger partial charge in [-0.25, -0.2) is 9.37 Å². The number of aromatic nitrogens is 1. The fourth-order valence-electron chi connectivity index (χ4n) is 3.12. The Morgan fingerprint density at radius 1 is 1.16 bits per heavy atom. The van der Waals surface area contributed by atoms with Gasteiger partial charge in [0.2, 0.25) is 0 Å². The lowest BCUT2D eigenvalue weighted by molar-refractivity contribution is -0.143. The predicted molar refractivity (Wildman–Crippen MR) is 123 cm³/mol. The molecular weight excluding hydrogens is 395 g/mol. The summed E-state index contributed by atoms with van der Waals surface area (Å²) in [6.07, 6.45) is 9.07. The molecule has 0 radical (unpaired) electrons. The number of ether oxygens (including phenoxy) is 1. The second kappa shape index (κ2) is 13.2. The van der Waals surface area contributed by atoms with Gasteiger partial charge in [0, 0.05) is 26.2 Å². The lowest BCUT2D eigenvalue weighted by Gasteiger charge is -2.23. The number of rotatable bonds is 12. The van der Waals surface area contributed by atoms with E-state index in [9.17, 15) is 9.18 Å². The minimum absolute atomic E-state index is 0.148. The molecule has 0 saturated heterocycles. The predicted octanol–water partition coefficient (Wildman–Crippen LogP) is 4.92. The number of anilines is 1. The van der Waals surface area contributed by atoms with Gasteiger partial charge in [-0.05, 0) is 67.4 Å². The maximum atomic E-state index is 13.3. The van der Waals surface area contributed by atoms with Gasteiger partial charge in [-0.3, -0.25) is 10.2 Å². The first-order valence-electron chi connectivity index (χ1n) is 10.6. The van der Waals surface area contributed by atoms with Crippen LogP contribution in [0.2, 0.25) is 0 Å². The molecule has 0 amide bonds. The van der Waals surface area contributed by atoms with Crippen molar-refractivity contribution < 1.29 is 13.9 Å². The van der Waals surface area contributed by atoms with Gasteiger partial charge in [-0.2, -0.15) is 0 Å². The number of nitrogens with one attached hydrogen (secondary N) is 2. The highest BCUT2D eigenvalue weighted by Crippen LogP contribution is 2.24. The van der Waals surface area contributed by atoms with Crippen LogP contribution in [0, 0.1) is 11.2 Å². The molecule has 0 bridgehead atoms. The maximum Gasteiger partial charge on any atom is 0.305 e. The second-order valence-corrected chi connectivity index (χ2v) is 7.04. The lowest BCUT2D eigenvalue weighted by Crippen LogP contribution is -2.31. The van der Waals surface area contributed by atoms with Crippen LogP contribution < -0.4 is 10.2 Å². The number of hydrogen-bond donors (Lipinski definition) is 2. The third-order valence-electron chi connectivity index (χ3n) is 4.72. The van der Waals surface area contributed by atoms with E-state index in [-0.39, 0.29) is 11.8 Å². The molecule has 2 rings (SSSR count). The molecule has 1 heterocycles. The fraction of sp³-hybridized carbons (Fsp3) is 0.375. The van der Waals surface area contributed by atoms with E-state index in [1.165, 1.54) is 12.1 Å². The summed E-state index contributed by atoms with van der Waals surface area (Å²) in [6, 6.07) is 10.1. The molecule has 6 nitrogen and oxygen atoms in total. The Morgan fingerprint density at radius 2 is 1.90 bits per heavy atom. The number of halogens is 1. The topological polar surface area (TPSA) is 78.3 Å². The fourth-order valence-corrected chi connectivity index (χ4v) is 3.12. The monoisotopic (exact) mass is 426 g/mol. The third-order valence-corrected chi connectivity index (χ3v) is 4.72. The number of hydrogen-bond acceptors (Lipinski definition) is 5. The summed E-state index contributed by atoms with van der Waals surface area (Å²) in [4.78, 5) is 17.7. The van der Waals surface area contributed by atoms with Gasteiger partial charge in [0.05, 0.1) is 6.61 Å². The molecule has 0 aliphatic carbocycles. The zero-order chi connectivity index (χ0) is 22.5. The van der Waals surface area contributed by atoms with Gasteiger partial charge >= 0.3 is 5.97 Å². The quantitative estimate of drug-likeness (QED) is 0.218. The van der Waals surface area contributed by atoms with E-state index in [1.54, 1.807) is 37.7 Å². The highest BCUT2D eigenvalue weighted by atomic mass is 19.1. The van der Waals surface area contributed by atoms with Crippen molar-refractivity contribution in [2.24, 2.45) is 0 Å². The SMILES string of the molecule is CCOC(=O)CCCCCCN(C(=N)/C=C\NC)c1cc(-c2ccc(F)cc2)ccn1. The van der Waals surface area contributed by atoms with Crippen molar-refractivity contribution in [1.82, 2.24) is 10.3 Å². The standard InChI is InChI=1S/C24H31FN4O2/c1-3-31-24(30)8-6-4-5-7-17-29(22(26)14-15-27-2)23-18-20(13-16-28-23)19-9-11-21(25)12-10-19/h9-16,18,26-27H,3-8,17H2,1-2H3/b15-14-,26-22?. The molecule has 0 aliphatic rings. The summed E-state index contributed by atoms with van der Waals surface area (Å²) in [6.45, 7) is 2.86. The van der Waals surface area contributed by atoms with E-state index in [0.29, 0.717) is 31.2 Å². The summed E-state index contributed by atoms with van der Waals surface area (Å²) in [5, 5.41) is 11.4. The molecule has 0 aliphatic heterocycles. The Labute approximate surface area is 183 Å². The summed E-state index contributed by atoms with van der Waals surface area (Å²) in [5.74, 6) is 0.565. The van der Waals surface area contributed by atoms with Crippen LogP contribution in [0.25, 0.3) is 11.1 Å². The molecular formula is C24H31FN4O2. The Balaban J connectivity index is 2.03. The first-order chi connectivity index (χ1) is 15.0. The van der Waals surface area contributed by atoms with Gasteiger partial charge in [-0.1, -0.05) is 25.0 Å². The summed E-state index contributed by atoms with van der Waals surface area (Å²) in [5.41, 5.74) is 1.80. The average molecular weight is 427 g/mol. The number of carbonyl (C=O) groups is 1. The lowest BCUT2D eigenvalue weighted by atomic mass is 10.1. The zero-order valence-corrected chi connectivity index (χ0v) is 18.2. The van der Waals surface area contributed by atoms with Crippen LogP contribution in [0.1, 0.15) is 39.0 Å². The number of pyridine rings is 1. The first kappa shape index (κ1) is 24.1. The van der Waals surface area contributed by atoms with Gasteiger partial charge in [0.15, 0.2) is 0 Å². The van der Waals surface area contributed by atoms with E-state index in [2.05, 4.69) is 10.3 Å². The number of nitrogens with zero attached hydrogens (tertiary/aromatic N) is 2. The largest absolute Gasteiger partial charge is 0.466 e. The minimum atomic E-state index is -0.276. The molecule has 2 N–H and O–H groups in total. The van der Waals surface area contributed by atoms with Crippen LogP contribution in [0.3, 0.4) is 0 Å². The highest BCUT2D eigenvalue weighted by Gasteiger charge is 2.13. The third kappa shape index (κ3) is 8.20. The Bertz CT molecular complexity index is 868. The normalized spacial score (nSPS) is 10.8. The summed E-state index contributed by atoms with van der Waals surface area (Å²) >= 11 is 0. The van der Waals surface area contributed by atoms with Crippen LogP contribution >= 0.6 is 0 Å². The number of unbranched alkanes of at least 4 members (excludes halogenated alkanes) is 3. The Kier molecular flexibility index (Phi) is 10.2. The average Bonchev–Trinajstić information content (AvgIpc) is 2.77. The van der Waals surface area contributed by atoms with Gasteiger partial charge in [-0.15, -0.1) is 0 Å². The van der Waals surface area contributed by atoms with Crippen LogP contribution in [-0.2, 0) is 9.53 Å². The maximum absolute atomic E-state index is 13.3. The summed E-state index contributed by atoms with van der Waals surface area (Å²) < 4.78 is 18.2. The Morgan fingerprint density at radius 3 is 2.61 bits per heavy atom. The van der Waals surface area contributed by atoms with E-state index in [0.717, 1.165) is 36.8 Å². The minimum Gasteiger partial charge on any atom is -0.466 e. The van der Waals surface area contributed by atoms with Crippen molar-refractivity contribution in [1.29, 1.82) is 5.41 Å². The zero-order valence-electron chi connectivity index (χ0n) is 18.2. The number of benzene rings is 1. The second-order valence-electron chi connectivity index (χ2n) is 7.04. The summed E-state index contributed by atoms with van der Waals surface area (Å²) in [7, 11) is 1.78. The molecule has 2 aromatic rings. The van der Waals surface area contributed by atoms with Crippen molar-refractivity contribution in [3.8, 4) is 11.1 Å². The van der Waals surface area contributed by atoms with Gasteiger partial charge < -0.3 is 15.0 Å². The van der Waals surface area contributed by atoms with Crippen LogP contribution in [-0.4, -0.2) is 37.0 Å². The van der Waals surface area contributed by atoms with Crippen molar-refractivity contribution >= 4 is 17.6 Å². The number of amidine groups is 1. The van der Waals surface area contributed by atoms with Crippen molar-refractivity contribution in [2.45, 2.75) is 39.0 Å². The molecule has 166 valence electrons. The van der Waals surface area contributed by atoms with E-state index in [1.807, 2.05) is 24.0 Å². The number of esters is 1. The molecule has 0 atom stereocenters. The molecule has 0 saturated carbocycles. The molecule has 0 fully saturated rings. The first-order valence-corrected chi connectivity index (χ1v) is 10.6. The van der Waals surface area contributed by atoms with Crippen molar-refractivity contribution in [3.63, 3.8) is 0 Å². The Hall–Kier alpha value is -3.22. The molecule has 1 aromatic carbocycles. The van der Waals surface area contributed by atoms with Crippen molar-refractivity contribution in [2.75, 3.05) is 25.1 Å². The van der Waals surface area contributed by atoms with Gasteiger partial charge in [0.25, 0.3) is 0 Å². The van der Waals surface area contributed by atoms with E-state index in [4.69, 9.17) is 10.1 Å². The van der Waals surface area contributed by atoms with Crippen LogP contribution in [0.4, 0.5) is 10.2 Å². The highest BCUT2D eigenvalue weighted by molar-refractivity contribution is 6.03.